The minimum absolute atomic E-state index is 0.0457. The molecule has 6 nitrogen and oxygen atoms in total. The first-order valence-corrected chi connectivity index (χ1v) is 8.76. The number of benzene rings is 2. The van der Waals surface area contributed by atoms with Crippen LogP contribution in [-0.4, -0.2) is 25.0 Å². The van der Waals surface area contributed by atoms with Crippen molar-refractivity contribution in [2.24, 2.45) is 0 Å². The molecule has 148 valence electrons. The number of halogens is 2. The lowest BCUT2D eigenvalue weighted by Gasteiger charge is -2.14. The third kappa shape index (κ3) is 5.99. The zero-order valence-corrected chi connectivity index (χ0v) is 16.3. The van der Waals surface area contributed by atoms with E-state index >= 15 is 0 Å². The van der Waals surface area contributed by atoms with E-state index in [1.54, 1.807) is 12.1 Å². The van der Waals surface area contributed by atoms with Gasteiger partial charge in [0.05, 0.1) is 18.2 Å². The second-order valence-corrected chi connectivity index (χ2v) is 6.39. The van der Waals surface area contributed by atoms with Crippen molar-refractivity contribution in [3.8, 4) is 11.5 Å². The summed E-state index contributed by atoms with van der Waals surface area (Å²) in [5.74, 6) is -0.725. The fraction of sp³-hybridized carbons (Fsp3) is 0.200. The molecule has 0 saturated carbocycles. The molecule has 2 amide bonds. The van der Waals surface area contributed by atoms with Crippen LogP contribution >= 0.6 is 11.6 Å². The molecular formula is C20H20ClFN2O4. The molecule has 2 N–H and O–H groups in total. The molecule has 8 heteroatoms. The molecule has 0 aliphatic carbocycles. The summed E-state index contributed by atoms with van der Waals surface area (Å²) in [5, 5.41) is -0.0466. The van der Waals surface area contributed by atoms with Crippen LogP contribution in [0.4, 0.5) is 4.39 Å². The van der Waals surface area contributed by atoms with Crippen LogP contribution in [0.2, 0.25) is 5.02 Å². The molecule has 0 unspecified atom stereocenters. The van der Waals surface area contributed by atoms with Gasteiger partial charge in [-0.1, -0.05) is 17.7 Å². The highest BCUT2D eigenvalue weighted by atomic mass is 35.5. The van der Waals surface area contributed by atoms with Gasteiger partial charge in [-0.2, -0.15) is 0 Å². The van der Waals surface area contributed by atoms with E-state index in [4.69, 9.17) is 21.1 Å². The van der Waals surface area contributed by atoms with Crippen LogP contribution in [0.1, 0.15) is 29.8 Å². The van der Waals surface area contributed by atoms with Crippen LogP contribution in [0, 0.1) is 5.82 Å². The molecule has 0 aliphatic rings. The van der Waals surface area contributed by atoms with E-state index in [1.807, 2.05) is 13.8 Å². The highest BCUT2D eigenvalue weighted by Crippen LogP contribution is 2.28. The smallest absolute Gasteiger partial charge is 0.269 e. The van der Waals surface area contributed by atoms with Gasteiger partial charge in [0.1, 0.15) is 5.82 Å². The van der Waals surface area contributed by atoms with Crippen molar-refractivity contribution in [3.05, 3.63) is 64.4 Å². The Morgan fingerprint density at radius 2 is 1.86 bits per heavy atom. The Bertz CT molecular complexity index is 900. The molecule has 0 aromatic heterocycles. The summed E-state index contributed by atoms with van der Waals surface area (Å²) in [7, 11) is 1.47. The topological polar surface area (TPSA) is 76.7 Å². The van der Waals surface area contributed by atoms with Gasteiger partial charge >= 0.3 is 0 Å². The fourth-order valence-electron chi connectivity index (χ4n) is 2.18. The zero-order valence-electron chi connectivity index (χ0n) is 15.6. The van der Waals surface area contributed by atoms with Crippen molar-refractivity contribution in [2.45, 2.75) is 20.0 Å². The van der Waals surface area contributed by atoms with Gasteiger partial charge in [-0.25, -0.2) is 4.39 Å². The molecule has 0 saturated heterocycles. The maximum Gasteiger partial charge on any atom is 0.269 e. The lowest BCUT2D eigenvalue weighted by Crippen LogP contribution is -2.40. The maximum atomic E-state index is 13.1. The molecule has 2 aromatic rings. The lowest BCUT2D eigenvalue weighted by atomic mass is 10.2. The average Bonchev–Trinajstić information content (AvgIpc) is 2.66. The first-order valence-electron chi connectivity index (χ1n) is 8.38. The normalized spacial score (nSPS) is 10.8. The van der Waals surface area contributed by atoms with Crippen molar-refractivity contribution in [3.63, 3.8) is 0 Å². The number of methoxy groups -OCH3 is 1. The maximum absolute atomic E-state index is 13.1. The van der Waals surface area contributed by atoms with Crippen LogP contribution in [0.25, 0.3) is 6.08 Å². The predicted molar refractivity (Wildman–Crippen MR) is 105 cm³/mol. The van der Waals surface area contributed by atoms with Gasteiger partial charge in [-0.05, 0) is 55.8 Å². The molecule has 0 aliphatic heterocycles. The number of rotatable bonds is 6. The molecule has 0 bridgehead atoms. The second-order valence-electron chi connectivity index (χ2n) is 5.98. The quantitative estimate of drug-likeness (QED) is 0.566. The van der Waals surface area contributed by atoms with E-state index in [2.05, 4.69) is 10.9 Å². The van der Waals surface area contributed by atoms with Gasteiger partial charge in [0.15, 0.2) is 11.5 Å². The Hall–Kier alpha value is -3.06. The highest BCUT2D eigenvalue weighted by molar-refractivity contribution is 6.30. The van der Waals surface area contributed by atoms with Crippen LogP contribution in [0.5, 0.6) is 11.5 Å². The van der Waals surface area contributed by atoms with Crippen molar-refractivity contribution in [1.82, 2.24) is 10.9 Å². The van der Waals surface area contributed by atoms with E-state index in [-0.39, 0.29) is 16.7 Å². The number of carbonyl (C=O) groups excluding carboxylic acids is 2. The van der Waals surface area contributed by atoms with Gasteiger partial charge in [-0.3, -0.25) is 20.4 Å². The van der Waals surface area contributed by atoms with E-state index in [0.29, 0.717) is 17.1 Å². The standard InChI is InChI=1S/C20H20ClFN2O4/c1-12(2)28-17-8-6-14(11-18(17)27-3)20(26)24-23-19(25)9-5-13-4-7-16(22)15(21)10-13/h4-12H,1-3H3,(H,23,25)(H,24,26)/b9-5+. The van der Waals surface area contributed by atoms with Gasteiger partial charge in [-0.15, -0.1) is 0 Å². The Morgan fingerprint density at radius 1 is 1.11 bits per heavy atom. The summed E-state index contributed by atoms with van der Waals surface area (Å²) in [4.78, 5) is 24.0. The van der Waals surface area contributed by atoms with Gasteiger partial charge in [0.2, 0.25) is 0 Å². The summed E-state index contributed by atoms with van der Waals surface area (Å²) in [6.45, 7) is 3.76. The van der Waals surface area contributed by atoms with Crippen LogP contribution < -0.4 is 20.3 Å². The van der Waals surface area contributed by atoms with E-state index in [1.165, 1.54) is 43.5 Å². The predicted octanol–water partition coefficient (Wildman–Crippen LogP) is 3.75. The Morgan fingerprint density at radius 3 is 2.50 bits per heavy atom. The van der Waals surface area contributed by atoms with Crippen LogP contribution in [0.3, 0.4) is 0 Å². The summed E-state index contributed by atoms with van der Waals surface area (Å²) >= 11 is 5.68. The Kier molecular flexibility index (Phi) is 7.40. The minimum Gasteiger partial charge on any atom is -0.493 e. The van der Waals surface area contributed by atoms with Crippen LogP contribution in [0.15, 0.2) is 42.5 Å². The molecule has 0 radical (unpaired) electrons. The summed E-state index contributed by atoms with van der Waals surface area (Å²) in [6, 6.07) is 8.73. The van der Waals surface area contributed by atoms with Crippen molar-refractivity contribution in [2.75, 3.05) is 7.11 Å². The van der Waals surface area contributed by atoms with E-state index in [0.717, 1.165) is 0 Å². The molecule has 0 fully saturated rings. The number of hydrogen-bond donors (Lipinski definition) is 2. The first-order chi connectivity index (χ1) is 13.3. The third-order valence-electron chi connectivity index (χ3n) is 3.46. The fourth-order valence-corrected chi connectivity index (χ4v) is 2.37. The molecule has 0 atom stereocenters. The van der Waals surface area contributed by atoms with E-state index in [9.17, 15) is 14.0 Å². The van der Waals surface area contributed by atoms with Gasteiger partial charge in [0, 0.05) is 11.6 Å². The molecule has 2 rings (SSSR count). The molecule has 28 heavy (non-hydrogen) atoms. The van der Waals surface area contributed by atoms with Crippen molar-refractivity contribution >= 4 is 29.5 Å². The summed E-state index contributed by atoms with van der Waals surface area (Å²) in [5.41, 5.74) is 5.37. The summed E-state index contributed by atoms with van der Waals surface area (Å²) < 4.78 is 23.9. The Balaban J connectivity index is 1.96. The molecule has 0 spiro atoms. The minimum atomic E-state index is -0.569. The van der Waals surface area contributed by atoms with Crippen molar-refractivity contribution in [1.29, 1.82) is 0 Å². The molecular weight excluding hydrogens is 387 g/mol. The third-order valence-corrected chi connectivity index (χ3v) is 3.75. The SMILES string of the molecule is COc1cc(C(=O)NNC(=O)/C=C/c2ccc(F)c(Cl)c2)ccc1OC(C)C. The van der Waals surface area contributed by atoms with Gasteiger partial charge in [0.25, 0.3) is 11.8 Å². The van der Waals surface area contributed by atoms with Gasteiger partial charge < -0.3 is 9.47 Å². The number of nitrogens with one attached hydrogen (secondary N) is 2. The number of ether oxygens (including phenoxy) is 2. The number of hydrazine groups is 1. The molecule has 2 aromatic carbocycles. The monoisotopic (exact) mass is 406 g/mol. The molecule has 0 heterocycles. The van der Waals surface area contributed by atoms with E-state index < -0.39 is 17.6 Å². The number of hydrogen-bond acceptors (Lipinski definition) is 4. The zero-order chi connectivity index (χ0) is 20.7. The Labute approximate surface area is 167 Å². The lowest BCUT2D eigenvalue weighted by molar-refractivity contribution is -0.117. The summed E-state index contributed by atoms with van der Waals surface area (Å²) in [6.07, 6.45) is 2.58. The van der Waals surface area contributed by atoms with Crippen LogP contribution in [-0.2, 0) is 4.79 Å². The van der Waals surface area contributed by atoms with Crippen molar-refractivity contribution < 1.29 is 23.5 Å². The highest BCUT2D eigenvalue weighted by Gasteiger charge is 2.12. The second kappa shape index (κ2) is 9.75. The first kappa shape index (κ1) is 21.2. The largest absolute Gasteiger partial charge is 0.493 e. The number of carbonyl (C=O) groups is 2. The average molecular weight is 407 g/mol. The number of amides is 2.